The third-order valence-corrected chi connectivity index (χ3v) is 6.10. The third-order valence-electron chi connectivity index (χ3n) is 5.02. The standard InChI is InChI=1S/C22H25N5O2S/c1-16(21(28)24-14-19-8-5-13-29-19)30-22-26-25-20(18-9-11-23-12-10-18)27(22)15-17-6-3-2-4-7-17/h2-4,6-7,9-12,16,19H,5,8,13-15H2,1H3,(H,24,28)/t16-,19+/m0/s1. The van der Waals surface area contributed by atoms with Crippen LogP contribution in [0.1, 0.15) is 25.3 Å². The lowest BCUT2D eigenvalue weighted by atomic mass is 10.2. The van der Waals surface area contributed by atoms with Crippen LogP contribution in [0.25, 0.3) is 11.4 Å². The molecule has 0 aliphatic carbocycles. The van der Waals surface area contributed by atoms with Gasteiger partial charge in [-0.15, -0.1) is 10.2 Å². The van der Waals surface area contributed by atoms with Gasteiger partial charge in [-0.2, -0.15) is 0 Å². The molecule has 1 fully saturated rings. The molecule has 3 heterocycles. The van der Waals surface area contributed by atoms with E-state index in [0.717, 1.165) is 36.4 Å². The van der Waals surface area contributed by atoms with Gasteiger partial charge < -0.3 is 10.1 Å². The number of nitrogens with one attached hydrogen (secondary N) is 1. The average molecular weight is 424 g/mol. The molecule has 156 valence electrons. The van der Waals surface area contributed by atoms with E-state index in [-0.39, 0.29) is 17.3 Å². The summed E-state index contributed by atoms with van der Waals surface area (Å²) >= 11 is 1.42. The van der Waals surface area contributed by atoms with E-state index in [1.807, 2.05) is 37.3 Å². The minimum Gasteiger partial charge on any atom is -0.376 e. The zero-order valence-electron chi connectivity index (χ0n) is 16.9. The molecule has 2 atom stereocenters. The van der Waals surface area contributed by atoms with E-state index >= 15 is 0 Å². The van der Waals surface area contributed by atoms with Crippen molar-refractivity contribution in [3.63, 3.8) is 0 Å². The topological polar surface area (TPSA) is 81.9 Å². The minimum absolute atomic E-state index is 0.0183. The van der Waals surface area contributed by atoms with E-state index in [4.69, 9.17) is 4.74 Å². The third kappa shape index (κ3) is 5.06. The predicted octanol–water partition coefficient (Wildman–Crippen LogP) is 3.16. The summed E-state index contributed by atoms with van der Waals surface area (Å²) in [6.07, 6.45) is 5.68. The van der Waals surface area contributed by atoms with E-state index < -0.39 is 0 Å². The maximum absolute atomic E-state index is 12.6. The second kappa shape index (κ2) is 9.86. The Morgan fingerprint density at radius 3 is 2.77 bits per heavy atom. The second-order valence-corrected chi connectivity index (χ2v) is 8.56. The average Bonchev–Trinajstić information content (AvgIpc) is 3.44. The van der Waals surface area contributed by atoms with E-state index in [1.54, 1.807) is 12.4 Å². The van der Waals surface area contributed by atoms with Crippen molar-refractivity contribution in [1.29, 1.82) is 0 Å². The number of hydrogen-bond acceptors (Lipinski definition) is 6. The number of pyridine rings is 1. The quantitative estimate of drug-likeness (QED) is 0.561. The van der Waals surface area contributed by atoms with E-state index in [1.165, 1.54) is 11.8 Å². The highest BCUT2D eigenvalue weighted by Gasteiger charge is 2.23. The Kier molecular flexibility index (Phi) is 6.76. The molecule has 1 aliphatic heterocycles. The van der Waals surface area contributed by atoms with Gasteiger partial charge in [-0.05, 0) is 37.5 Å². The summed E-state index contributed by atoms with van der Waals surface area (Å²) in [5.41, 5.74) is 2.08. The maximum Gasteiger partial charge on any atom is 0.233 e. The molecule has 0 bridgehead atoms. The molecule has 0 spiro atoms. The molecule has 1 aromatic carbocycles. The van der Waals surface area contributed by atoms with Crippen molar-refractivity contribution in [2.45, 2.75) is 42.8 Å². The number of rotatable bonds is 8. The number of nitrogens with zero attached hydrogens (tertiary/aromatic N) is 4. The smallest absolute Gasteiger partial charge is 0.233 e. The van der Waals surface area contributed by atoms with Crippen LogP contribution in [-0.4, -0.2) is 50.2 Å². The fourth-order valence-electron chi connectivity index (χ4n) is 3.37. The highest BCUT2D eigenvalue weighted by atomic mass is 32.2. The summed E-state index contributed by atoms with van der Waals surface area (Å²) in [7, 11) is 0. The first kappa shape index (κ1) is 20.6. The van der Waals surface area contributed by atoms with Gasteiger partial charge in [0, 0.05) is 31.1 Å². The first-order valence-electron chi connectivity index (χ1n) is 10.1. The molecule has 0 unspecified atom stereocenters. The van der Waals surface area contributed by atoms with Crippen molar-refractivity contribution >= 4 is 17.7 Å². The SMILES string of the molecule is C[C@H](Sc1nnc(-c2ccncc2)n1Cc1ccccc1)C(=O)NC[C@H]1CCCO1. The molecule has 2 aromatic heterocycles. The number of thioether (sulfide) groups is 1. The number of ether oxygens (including phenoxy) is 1. The molecule has 3 aromatic rings. The fourth-order valence-corrected chi connectivity index (χ4v) is 4.25. The van der Waals surface area contributed by atoms with Gasteiger partial charge in [-0.3, -0.25) is 14.3 Å². The Bertz CT molecular complexity index is 958. The largest absolute Gasteiger partial charge is 0.376 e. The minimum atomic E-state index is -0.296. The first-order valence-corrected chi connectivity index (χ1v) is 11.0. The van der Waals surface area contributed by atoms with Gasteiger partial charge in [0.2, 0.25) is 5.91 Å². The van der Waals surface area contributed by atoms with Crippen molar-refractivity contribution in [2.24, 2.45) is 0 Å². The Hall–Kier alpha value is -2.71. The van der Waals surface area contributed by atoms with Crippen LogP contribution in [0.5, 0.6) is 0 Å². The van der Waals surface area contributed by atoms with Gasteiger partial charge in [0.05, 0.1) is 17.9 Å². The van der Waals surface area contributed by atoms with Crippen molar-refractivity contribution in [3.05, 3.63) is 60.4 Å². The monoisotopic (exact) mass is 423 g/mol. The molecule has 1 N–H and O–H groups in total. The van der Waals surface area contributed by atoms with Gasteiger partial charge in [-0.25, -0.2) is 0 Å². The molecule has 1 saturated heterocycles. The Morgan fingerprint density at radius 1 is 1.23 bits per heavy atom. The van der Waals surface area contributed by atoms with Gasteiger partial charge in [0.15, 0.2) is 11.0 Å². The molecule has 0 radical (unpaired) electrons. The van der Waals surface area contributed by atoms with Gasteiger partial charge in [-0.1, -0.05) is 42.1 Å². The van der Waals surface area contributed by atoms with E-state index in [2.05, 4.69) is 37.2 Å². The van der Waals surface area contributed by atoms with E-state index in [9.17, 15) is 4.79 Å². The zero-order valence-corrected chi connectivity index (χ0v) is 17.7. The summed E-state index contributed by atoms with van der Waals surface area (Å²) in [6, 6.07) is 14.0. The fraction of sp³-hybridized carbons (Fsp3) is 0.364. The van der Waals surface area contributed by atoms with Crippen LogP contribution in [0.3, 0.4) is 0 Å². The number of aromatic nitrogens is 4. The number of amides is 1. The maximum atomic E-state index is 12.6. The Balaban J connectivity index is 1.51. The zero-order chi connectivity index (χ0) is 20.8. The summed E-state index contributed by atoms with van der Waals surface area (Å²) in [4.78, 5) is 16.7. The molecule has 1 aliphatic rings. The predicted molar refractivity (Wildman–Crippen MR) is 116 cm³/mol. The number of benzene rings is 1. The Labute approximate surface area is 180 Å². The highest BCUT2D eigenvalue weighted by molar-refractivity contribution is 8.00. The summed E-state index contributed by atoms with van der Waals surface area (Å²) < 4.78 is 7.64. The number of carbonyl (C=O) groups is 1. The Morgan fingerprint density at radius 2 is 2.03 bits per heavy atom. The van der Waals surface area contributed by atoms with Crippen LogP contribution in [0, 0.1) is 0 Å². The van der Waals surface area contributed by atoms with Crippen LogP contribution in [0.2, 0.25) is 0 Å². The number of carbonyl (C=O) groups excluding carboxylic acids is 1. The molecule has 30 heavy (non-hydrogen) atoms. The lowest BCUT2D eigenvalue weighted by Crippen LogP contribution is -2.36. The molecule has 0 saturated carbocycles. The molecular formula is C22H25N5O2S. The van der Waals surface area contributed by atoms with Crippen molar-refractivity contribution in [1.82, 2.24) is 25.1 Å². The molecule has 1 amide bonds. The molecule has 4 rings (SSSR count). The lowest BCUT2D eigenvalue weighted by molar-refractivity contribution is -0.120. The van der Waals surface area contributed by atoms with Gasteiger partial charge in [0.25, 0.3) is 0 Å². The molecule has 8 heteroatoms. The van der Waals surface area contributed by atoms with Crippen LogP contribution in [0.4, 0.5) is 0 Å². The van der Waals surface area contributed by atoms with Crippen molar-refractivity contribution in [3.8, 4) is 11.4 Å². The lowest BCUT2D eigenvalue weighted by Gasteiger charge is -2.15. The normalized spacial score (nSPS) is 17.0. The first-order chi connectivity index (χ1) is 14.7. The highest BCUT2D eigenvalue weighted by Crippen LogP contribution is 2.27. The summed E-state index contributed by atoms with van der Waals surface area (Å²) in [6.45, 7) is 3.86. The van der Waals surface area contributed by atoms with Crippen LogP contribution in [0.15, 0.2) is 60.0 Å². The summed E-state index contributed by atoms with van der Waals surface area (Å²) in [5.74, 6) is 0.742. The molecule has 7 nitrogen and oxygen atoms in total. The van der Waals surface area contributed by atoms with Crippen LogP contribution >= 0.6 is 11.8 Å². The summed E-state index contributed by atoms with van der Waals surface area (Å²) in [5, 5.41) is 12.2. The van der Waals surface area contributed by atoms with Crippen molar-refractivity contribution in [2.75, 3.05) is 13.2 Å². The van der Waals surface area contributed by atoms with Gasteiger partial charge >= 0.3 is 0 Å². The van der Waals surface area contributed by atoms with E-state index in [0.29, 0.717) is 18.2 Å². The second-order valence-electron chi connectivity index (χ2n) is 7.25. The van der Waals surface area contributed by atoms with Crippen molar-refractivity contribution < 1.29 is 9.53 Å². The molecular weight excluding hydrogens is 398 g/mol. The number of hydrogen-bond donors (Lipinski definition) is 1. The van der Waals surface area contributed by atoms with Crippen LogP contribution in [-0.2, 0) is 16.1 Å². The van der Waals surface area contributed by atoms with Gasteiger partial charge in [0.1, 0.15) is 0 Å². The van der Waals surface area contributed by atoms with Crippen LogP contribution < -0.4 is 5.32 Å².